The van der Waals surface area contributed by atoms with Crippen LogP contribution in [0.4, 0.5) is 0 Å². The predicted octanol–water partition coefficient (Wildman–Crippen LogP) is 4.65. The maximum absolute atomic E-state index is 5.92. The van der Waals surface area contributed by atoms with E-state index < -0.39 is 0 Å². The summed E-state index contributed by atoms with van der Waals surface area (Å²) in [5.74, 6) is 2.47. The number of benzene rings is 1. The van der Waals surface area contributed by atoms with Gasteiger partial charge in [0.1, 0.15) is 5.65 Å². The van der Waals surface area contributed by atoms with Gasteiger partial charge in [-0.25, -0.2) is 4.98 Å². The molecule has 4 heteroatoms. The molecule has 0 amide bonds. The molecule has 3 heterocycles. The van der Waals surface area contributed by atoms with Crippen molar-refractivity contribution in [3.8, 4) is 11.5 Å². The first-order valence-electron chi connectivity index (χ1n) is 8.56. The van der Waals surface area contributed by atoms with E-state index in [1.807, 2.05) is 48.7 Å². The summed E-state index contributed by atoms with van der Waals surface area (Å²) < 4.78 is 14.0. The van der Waals surface area contributed by atoms with E-state index in [2.05, 4.69) is 29.4 Å². The molecule has 2 aromatic heterocycles. The molecule has 0 fully saturated rings. The minimum absolute atomic E-state index is 0.184. The maximum Gasteiger partial charge on any atom is 0.244 e. The lowest BCUT2D eigenvalue weighted by atomic mass is 9.95. The Morgan fingerprint density at radius 3 is 2.46 bits per heavy atom. The van der Waals surface area contributed by atoms with Gasteiger partial charge < -0.3 is 13.9 Å². The first-order chi connectivity index (χ1) is 11.7. The monoisotopic (exact) mass is 322 g/mol. The number of aromatic nitrogens is 2. The maximum atomic E-state index is 5.92. The fourth-order valence-electron chi connectivity index (χ4n) is 3.27. The van der Waals surface area contributed by atoms with Gasteiger partial charge in [-0.2, -0.15) is 0 Å². The second-order valence-corrected chi connectivity index (χ2v) is 6.62. The zero-order valence-electron chi connectivity index (χ0n) is 14.1. The first-order valence-corrected chi connectivity index (χ1v) is 8.56. The van der Waals surface area contributed by atoms with E-state index in [-0.39, 0.29) is 6.29 Å². The van der Waals surface area contributed by atoms with E-state index in [0.717, 1.165) is 30.0 Å². The molecule has 4 rings (SSSR count). The van der Waals surface area contributed by atoms with Crippen molar-refractivity contribution in [2.75, 3.05) is 0 Å². The molecule has 0 spiro atoms. The molecule has 2 unspecified atom stereocenters. The lowest BCUT2D eigenvalue weighted by molar-refractivity contribution is -0.00147. The number of para-hydroxylation sites is 2. The van der Waals surface area contributed by atoms with Crippen LogP contribution in [0.25, 0.3) is 5.65 Å². The van der Waals surface area contributed by atoms with Crippen LogP contribution in [0.1, 0.15) is 38.3 Å². The van der Waals surface area contributed by atoms with E-state index in [1.165, 1.54) is 5.69 Å². The van der Waals surface area contributed by atoms with Crippen LogP contribution in [0.3, 0.4) is 0 Å². The molecule has 24 heavy (non-hydrogen) atoms. The van der Waals surface area contributed by atoms with Crippen LogP contribution in [0, 0.1) is 5.92 Å². The van der Waals surface area contributed by atoms with Crippen LogP contribution < -0.4 is 9.47 Å². The summed E-state index contributed by atoms with van der Waals surface area (Å²) in [5, 5.41) is 0. The SMILES string of the molecule is CC(CCC(C)C1Oc2ccccc2O1)c1cnc2ccccn12. The third kappa shape index (κ3) is 2.73. The average Bonchev–Trinajstić information content (AvgIpc) is 3.23. The molecule has 0 saturated heterocycles. The van der Waals surface area contributed by atoms with Gasteiger partial charge in [-0.15, -0.1) is 0 Å². The van der Waals surface area contributed by atoms with E-state index >= 15 is 0 Å². The van der Waals surface area contributed by atoms with Gasteiger partial charge in [-0.3, -0.25) is 0 Å². The van der Waals surface area contributed by atoms with Gasteiger partial charge in [0.05, 0.1) is 0 Å². The standard InChI is InChI=1S/C20H22N2O2/c1-14(16-13-21-19-9-5-6-12-22(16)19)10-11-15(2)20-23-17-7-3-4-8-18(17)24-20/h3-9,12-15,20H,10-11H2,1-2H3. The van der Waals surface area contributed by atoms with E-state index in [0.29, 0.717) is 11.8 Å². The van der Waals surface area contributed by atoms with Crippen LogP contribution in [0.15, 0.2) is 54.9 Å². The number of ether oxygens (including phenoxy) is 2. The lowest BCUT2D eigenvalue weighted by Gasteiger charge is -2.20. The van der Waals surface area contributed by atoms with Crippen molar-refractivity contribution in [3.63, 3.8) is 0 Å². The quantitative estimate of drug-likeness (QED) is 0.686. The molecule has 0 radical (unpaired) electrons. The molecule has 0 N–H and O–H groups in total. The third-order valence-electron chi connectivity index (χ3n) is 4.81. The Bertz CT molecular complexity index is 817. The zero-order valence-corrected chi connectivity index (χ0v) is 14.1. The largest absolute Gasteiger partial charge is 0.451 e. The van der Waals surface area contributed by atoms with Crippen molar-refractivity contribution in [3.05, 3.63) is 60.6 Å². The fraction of sp³-hybridized carbons (Fsp3) is 0.350. The fourth-order valence-corrected chi connectivity index (χ4v) is 3.27. The van der Waals surface area contributed by atoms with Crippen molar-refractivity contribution in [2.24, 2.45) is 5.92 Å². The molecule has 2 atom stereocenters. The normalized spacial score (nSPS) is 16.4. The number of nitrogens with zero attached hydrogens (tertiary/aromatic N) is 2. The summed E-state index contributed by atoms with van der Waals surface area (Å²) in [4.78, 5) is 4.48. The summed E-state index contributed by atoms with van der Waals surface area (Å²) in [7, 11) is 0. The van der Waals surface area contributed by atoms with E-state index in [4.69, 9.17) is 9.47 Å². The highest BCUT2D eigenvalue weighted by Gasteiger charge is 2.29. The molecule has 0 aliphatic carbocycles. The van der Waals surface area contributed by atoms with Gasteiger partial charge >= 0.3 is 0 Å². The van der Waals surface area contributed by atoms with Crippen LogP contribution in [0.2, 0.25) is 0 Å². The molecule has 4 nitrogen and oxygen atoms in total. The Balaban J connectivity index is 1.38. The smallest absolute Gasteiger partial charge is 0.244 e. The number of imidazole rings is 1. The molecule has 1 aliphatic rings. The average molecular weight is 322 g/mol. The minimum atomic E-state index is -0.184. The Labute approximate surface area is 142 Å². The predicted molar refractivity (Wildman–Crippen MR) is 93.5 cm³/mol. The number of hydrogen-bond donors (Lipinski definition) is 0. The van der Waals surface area contributed by atoms with E-state index in [1.54, 1.807) is 0 Å². The van der Waals surface area contributed by atoms with Gasteiger partial charge in [-0.05, 0) is 43.0 Å². The molecule has 0 bridgehead atoms. The summed E-state index contributed by atoms with van der Waals surface area (Å²) in [6, 6.07) is 14.0. The molecule has 1 aliphatic heterocycles. The highest BCUT2D eigenvalue weighted by atomic mass is 16.7. The molecule has 124 valence electrons. The Kier molecular flexibility index (Phi) is 3.89. The summed E-state index contributed by atoms with van der Waals surface area (Å²) in [5.41, 5.74) is 2.26. The van der Waals surface area contributed by atoms with Crippen molar-refractivity contribution in [1.29, 1.82) is 0 Å². The number of rotatable bonds is 5. The van der Waals surface area contributed by atoms with Crippen molar-refractivity contribution in [1.82, 2.24) is 9.38 Å². The van der Waals surface area contributed by atoms with Crippen molar-refractivity contribution < 1.29 is 9.47 Å². The minimum Gasteiger partial charge on any atom is -0.451 e. The number of fused-ring (bicyclic) bond motifs is 2. The van der Waals surface area contributed by atoms with Crippen LogP contribution >= 0.6 is 0 Å². The Hall–Kier alpha value is -2.49. The Morgan fingerprint density at radius 2 is 1.71 bits per heavy atom. The number of hydrogen-bond acceptors (Lipinski definition) is 3. The summed E-state index contributed by atoms with van der Waals surface area (Å²) in [6.45, 7) is 4.45. The highest BCUT2D eigenvalue weighted by molar-refractivity contribution is 5.42. The van der Waals surface area contributed by atoms with Crippen LogP contribution in [-0.4, -0.2) is 15.7 Å². The van der Waals surface area contributed by atoms with Crippen molar-refractivity contribution >= 4 is 5.65 Å². The molecular formula is C20H22N2O2. The van der Waals surface area contributed by atoms with Gasteiger partial charge in [0, 0.05) is 24.0 Å². The summed E-state index contributed by atoms with van der Waals surface area (Å²) >= 11 is 0. The molecule has 1 aromatic carbocycles. The lowest BCUT2D eigenvalue weighted by Crippen LogP contribution is -2.27. The zero-order chi connectivity index (χ0) is 16.5. The molecule has 0 saturated carbocycles. The molecule has 3 aromatic rings. The van der Waals surface area contributed by atoms with Crippen LogP contribution in [-0.2, 0) is 0 Å². The number of pyridine rings is 1. The topological polar surface area (TPSA) is 35.8 Å². The van der Waals surface area contributed by atoms with Crippen molar-refractivity contribution in [2.45, 2.75) is 38.9 Å². The second kappa shape index (κ2) is 6.19. The van der Waals surface area contributed by atoms with E-state index in [9.17, 15) is 0 Å². The second-order valence-electron chi connectivity index (χ2n) is 6.62. The third-order valence-corrected chi connectivity index (χ3v) is 4.81. The Morgan fingerprint density at radius 1 is 1.00 bits per heavy atom. The van der Waals surface area contributed by atoms with Gasteiger partial charge in [-0.1, -0.05) is 32.0 Å². The molecular weight excluding hydrogens is 300 g/mol. The van der Waals surface area contributed by atoms with Gasteiger partial charge in [0.25, 0.3) is 0 Å². The van der Waals surface area contributed by atoms with Gasteiger partial charge in [0.15, 0.2) is 11.5 Å². The van der Waals surface area contributed by atoms with Crippen LogP contribution in [0.5, 0.6) is 11.5 Å². The van der Waals surface area contributed by atoms with Gasteiger partial charge in [0.2, 0.25) is 6.29 Å². The highest BCUT2D eigenvalue weighted by Crippen LogP contribution is 2.37. The first kappa shape index (κ1) is 15.1. The summed E-state index contributed by atoms with van der Waals surface area (Å²) in [6.07, 6.45) is 6.00.